The van der Waals surface area contributed by atoms with Gasteiger partial charge in [0.2, 0.25) is 0 Å². The van der Waals surface area contributed by atoms with E-state index in [1.807, 2.05) is 0 Å². The lowest BCUT2D eigenvalue weighted by molar-refractivity contribution is 0.0582. The van der Waals surface area contributed by atoms with Crippen LogP contribution >= 0.6 is 0 Å². The van der Waals surface area contributed by atoms with Crippen LogP contribution in [0.4, 0.5) is 0 Å². The Bertz CT molecular complexity index is 220. The molecule has 0 spiro atoms. The average molecular weight is 255 g/mol. The van der Waals surface area contributed by atoms with Crippen molar-refractivity contribution < 1.29 is 0 Å². The Morgan fingerprint density at radius 3 is 2.17 bits per heavy atom. The van der Waals surface area contributed by atoms with Crippen molar-refractivity contribution in [3.8, 4) is 0 Å². The van der Waals surface area contributed by atoms with Gasteiger partial charge in [-0.25, -0.2) is 0 Å². The Kier molecular flexibility index (Phi) is 6.61. The lowest BCUT2D eigenvalue weighted by Gasteiger charge is -2.46. The molecule has 1 rings (SSSR count). The highest BCUT2D eigenvalue weighted by atomic mass is 15.2. The highest BCUT2D eigenvalue weighted by Gasteiger charge is 2.36. The second-order valence-corrected chi connectivity index (χ2v) is 6.39. The number of rotatable bonds is 7. The van der Waals surface area contributed by atoms with Crippen LogP contribution in [-0.4, -0.2) is 56.1 Å². The first-order valence-electron chi connectivity index (χ1n) is 7.60. The minimum atomic E-state index is 0.278. The molecular weight excluding hydrogens is 222 g/mol. The van der Waals surface area contributed by atoms with Crippen molar-refractivity contribution in [3.05, 3.63) is 0 Å². The summed E-state index contributed by atoms with van der Waals surface area (Å²) in [7, 11) is 6.54. The Balaban J connectivity index is 2.48. The fraction of sp³-hybridized carbons (Fsp3) is 1.00. The largest absolute Gasteiger partial charge is 0.329 e. The fourth-order valence-electron chi connectivity index (χ4n) is 3.24. The molecule has 1 aliphatic carbocycles. The summed E-state index contributed by atoms with van der Waals surface area (Å²) in [5.74, 6) is 0.955. The van der Waals surface area contributed by atoms with Gasteiger partial charge in [-0.15, -0.1) is 0 Å². The average Bonchev–Trinajstić information content (AvgIpc) is 2.37. The van der Waals surface area contributed by atoms with Gasteiger partial charge in [0.05, 0.1) is 0 Å². The van der Waals surface area contributed by atoms with Crippen molar-refractivity contribution >= 4 is 0 Å². The maximum absolute atomic E-state index is 6.11. The third-order valence-corrected chi connectivity index (χ3v) is 4.81. The summed E-state index contributed by atoms with van der Waals surface area (Å²) in [5.41, 5.74) is 6.39. The van der Waals surface area contributed by atoms with Crippen molar-refractivity contribution in [1.29, 1.82) is 0 Å². The molecule has 0 unspecified atom stereocenters. The zero-order valence-electron chi connectivity index (χ0n) is 12.9. The highest BCUT2D eigenvalue weighted by molar-refractivity contribution is 4.94. The van der Waals surface area contributed by atoms with E-state index in [9.17, 15) is 0 Å². The molecule has 1 saturated carbocycles. The van der Waals surface area contributed by atoms with E-state index in [0.29, 0.717) is 0 Å². The van der Waals surface area contributed by atoms with E-state index in [4.69, 9.17) is 5.73 Å². The standard InChI is InChI=1S/C15H33N3/c1-5-6-14-7-9-15(13-16,10-8-14)18(4)12-11-17(2)3/h14H,5-13,16H2,1-4H3. The molecule has 3 heteroatoms. The molecule has 108 valence electrons. The first-order chi connectivity index (χ1) is 8.54. The van der Waals surface area contributed by atoms with E-state index in [0.717, 1.165) is 25.6 Å². The van der Waals surface area contributed by atoms with E-state index in [1.165, 1.54) is 38.5 Å². The molecule has 1 aliphatic rings. The molecular formula is C15H33N3. The number of hydrogen-bond donors (Lipinski definition) is 1. The molecule has 0 aromatic carbocycles. The van der Waals surface area contributed by atoms with Crippen LogP contribution in [0.5, 0.6) is 0 Å². The predicted octanol–water partition coefficient (Wildman–Crippen LogP) is 2.17. The number of nitrogens with two attached hydrogens (primary N) is 1. The minimum Gasteiger partial charge on any atom is -0.329 e. The third kappa shape index (κ3) is 4.22. The van der Waals surface area contributed by atoms with Gasteiger partial charge in [-0.1, -0.05) is 19.8 Å². The SMILES string of the molecule is CCCC1CCC(CN)(N(C)CCN(C)C)CC1. The quantitative estimate of drug-likeness (QED) is 0.757. The van der Waals surface area contributed by atoms with Crippen LogP contribution in [0.2, 0.25) is 0 Å². The molecule has 0 aromatic rings. The molecule has 1 fully saturated rings. The Morgan fingerprint density at radius 1 is 1.11 bits per heavy atom. The minimum absolute atomic E-state index is 0.278. The molecule has 0 aromatic heterocycles. The van der Waals surface area contributed by atoms with Crippen molar-refractivity contribution in [2.24, 2.45) is 11.7 Å². The summed E-state index contributed by atoms with van der Waals surface area (Å²) < 4.78 is 0. The summed E-state index contributed by atoms with van der Waals surface area (Å²) in [6.07, 6.45) is 8.06. The van der Waals surface area contributed by atoms with Gasteiger partial charge in [0.15, 0.2) is 0 Å². The van der Waals surface area contributed by atoms with Gasteiger partial charge in [0, 0.05) is 25.2 Å². The van der Waals surface area contributed by atoms with Gasteiger partial charge < -0.3 is 10.6 Å². The van der Waals surface area contributed by atoms with Crippen molar-refractivity contribution in [3.63, 3.8) is 0 Å². The van der Waals surface area contributed by atoms with Gasteiger partial charge in [-0.3, -0.25) is 4.90 Å². The lowest BCUT2D eigenvalue weighted by atomic mass is 9.74. The van der Waals surface area contributed by atoms with Crippen molar-refractivity contribution in [2.45, 2.75) is 51.0 Å². The van der Waals surface area contributed by atoms with Crippen molar-refractivity contribution in [2.75, 3.05) is 40.8 Å². The van der Waals surface area contributed by atoms with E-state index in [1.54, 1.807) is 0 Å². The van der Waals surface area contributed by atoms with E-state index >= 15 is 0 Å². The summed E-state index contributed by atoms with van der Waals surface area (Å²) in [5, 5.41) is 0. The number of hydrogen-bond acceptors (Lipinski definition) is 3. The van der Waals surface area contributed by atoms with E-state index in [-0.39, 0.29) is 5.54 Å². The first-order valence-corrected chi connectivity index (χ1v) is 7.60. The van der Waals surface area contributed by atoms with Crippen LogP contribution in [0, 0.1) is 5.92 Å². The zero-order chi connectivity index (χ0) is 13.6. The Hall–Kier alpha value is -0.120. The monoisotopic (exact) mass is 255 g/mol. The molecule has 0 aliphatic heterocycles. The van der Waals surface area contributed by atoms with E-state index in [2.05, 4.69) is 37.9 Å². The summed E-state index contributed by atoms with van der Waals surface area (Å²) >= 11 is 0. The van der Waals surface area contributed by atoms with Crippen LogP contribution in [0.25, 0.3) is 0 Å². The van der Waals surface area contributed by atoms with Crippen molar-refractivity contribution in [1.82, 2.24) is 9.80 Å². The lowest BCUT2D eigenvalue weighted by Crippen LogP contribution is -2.55. The van der Waals surface area contributed by atoms with Gasteiger partial charge in [0.1, 0.15) is 0 Å². The van der Waals surface area contributed by atoms with Crippen LogP contribution in [-0.2, 0) is 0 Å². The number of likely N-dealkylation sites (N-methyl/N-ethyl adjacent to an activating group) is 2. The molecule has 0 saturated heterocycles. The van der Waals surface area contributed by atoms with Gasteiger partial charge >= 0.3 is 0 Å². The van der Waals surface area contributed by atoms with Crippen LogP contribution in [0.15, 0.2) is 0 Å². The Morgan fingerprint density at radius 2 is 1.72 bits per heavy atom. The molecule has 0 bridgehead atoms. The molecule has 0 amide bonds. The molecule has 2 N–H and O–H groups in total. The second kappa shape index (κ2) is 7.46. The summed E-state index contributed by atoms with van der Waals surface area (Å²) in [4.78, 5) is 4.78. The smallest absolute Gasteiger partial charge is 0.0329 e. The van der Waals surface area contributed by atoms with E-state index < -0.39 is 0 Å². The maximum Gasteiger partial charge on any atom is 0.0329 e. The molecule has 18 heavy (non-hydrogen) atoms. The van der Waals surface area contributed by atoms with Crippen LogP contribution in [0.3, 0.4) is 0 Å². The summed E-state index contributed by atoms with van der Waals surface area (Å²) in [6.45, 7) is 5.36. The highest BCUT2D eigenvalue weighted by Crippen LogP contribution is 2.37. The fourth-order valence-corrected chi connectivity index (χ4v) is 3.24. The molecule has 0 radical (unpaired) electrons. The topological polar surface area (TPSA) is 32.5 Å². The maximum atomic E-state index is 6.11. The zero-order valence-corrected chi connectivity index (χ0v) is 12.9. The van der Waals surface area contributed by atoms with Crippen LogP contribution < -0.4 is 5.73 Å². The predicted molar refractivity (Wildman–Crippen MR) is 79.8 cm³/mol. The van der Waals surface area contributed by atoms with Crippen LogP contribution in [0.1, 0.15) is 45.4 Å². The molecule has 0 atom stereocenters. The Labute approximate surface area is 114 Å². The molecule has 0 heterocycles. The van der Waals surface area contributed by atoms with Gasteiger partial charge in [-0.05, 0) is 52.7 Å². The molecule has 3 nitrogen and oxygen atoms in total. The first kappa shape index (κ1) is 15.9. The summed E-state index contributed by atoms with van der Waals surface area (Å²) in [6, 6.07) is 0. The second-order valence-electron chi connectivity index (χ2n) is 6.39. The number of nitrogens with zero attached hydrogens (tertiary/aromatic N) is 2. The van der Waals surface area contributed by atoms with Gasteiger partial charge in [0.25, 0.3) is 0 Å². The third-order valence-electron chi connectivity index (χ3n) is 4.81. The normalized spacial score (nSPS) is 29.2. The van der Waals surface area contributed by atoms with Gasteiger partial charge in [-0.2, -0.15) is 0 Å².